The fourth-order valence-corrected chi connectivity index (χ4v) is 2.95. The van der Waals surface area contributed by atoms with E-state index in [4.69, 9.17) is 4.74 Å². The van der Waals surface area contributed by atoms with Gasteiger partial charge in [0, 0.05) is 12.0 Å². The number of rotatable bonds is 6. The lowest BCUT2D eigenvalue weighted by molar-refractivity contribution is -0.138. The Bertz CT molecular complexity index is 830. The number of benzene rings is 2. The molecule has 0 heterocycles. The van der Waals surface area contributed by atoms with Gasteiger partial charge in [0.05, 0.1) is 11.1 Å². The Kier molecular flexibility index (Phi) is 5.21. The minimum atomic E-state index is -4.67. The summed E-state index contributed by atoms with van der Waals surface area (Å²) in [7, 11) is 0. The van der Waals surface area contributed by atoms with Gasteiger partial charge in [-0.05, 0) is 30.5 Å². The summed E-state index contributed by atoms with van der Waals surface area (Å²) in [6.45, 7) is -0.234. The highest BCUT2D eigenvalue weighted by atomic mass is 19.4. The Morgan fingerprint density at radius 2 is 1.63 bits per heavy atom. The predicted molar refractivity (Wildman–Crippen MR) is 92.1 cm³/mol. The Balaban J connectivity index is 1.54. The first-order chi connectivity index (χ1) is 12.8. The number of carbonyl (C=O) groups excluding carboxylic acids is 2. The first kappa shape index (κ1) is 18.9. The summed E-state index contributed by atoms with van der Waals surface area (Å²) in [5.74, 6) is -1.72. The molecule has 142 valence electrons. The maximum absolute atomic E-state index is 12.9. The fourth-order valence-electron chi connectivity index (χ4n) is 2.95. The number of alkyl halides is 3. The third-order valence-electron chi connectivity index (χ3n) is 4.65. The summed E-state index contributed by atoms with van der Waals surface area (Å²) in [6.07, 6.45) is -2.79. The van der Waals surface area contributed by atoms with Crippen molar-refractivity contribution in [2.45, 2.75) is 24.4 Å². The summed E-state index contributed by atoms with van der Waals surface area (Å²) >= 11 is 0. The average Bonchev–Trinajstić information content (AvgIpc) is 3.46. The van der Waals surface area contributed by atoms with Crippen molar-refractivity contribution in [2.75, 3.05) is 13.2 Å². The molecule has 1 aliphatic carbocycles. The van der Waals surface area contributed by atoms with E-state index in [9.17, 15) is 22.8 Å². The highest BCUT2D eigenvalue weighted by molar-refractivity contribution is 5.93. The van der Waals surface area contributed by atoms with Gasteiger partial charge in [0.2, 0.25) is 0 Å². The maximum Gasteiger partial charge on any atom is 0.417 e. The predicted octanol–water partition coefficient (Wildman–Crippen LogP) is 3.71. The van der Waals surface area contributed by atoms with Crippen LogP contribution in [0.1, 0.15) is 34.3 Å². The van der Waals surface area contributed by atoms with Crippen LogP contribution in [0.5, 0.6) is 0 Å². The van der Waals surface area contributed by atoms with Crippen LogP contribution in [0.25, 0.3) is 0 Å². The van der Waals surface area contributed by atoms with Gasteiger partial charge in [0.15, 0.2) is 6.61 Å². The summed E-state index contributed by atoms with van der Waals surface area (Å²) in [5, 5.41) is 2.70. The van der Waals surface area contributed by atoms with Gasteiger partial charge in [-0.3, -0.25) is 4.79 Å². The quantitative estimate of drug-likeness (QED) is 0.781. The second-order valence-corrected chi connectivity index (χ2v) is 6.54. The maximum atomic E-state index is 12.9. The molecule has 7 heteroatoms. The largest absolute Gasteiger partial charge is 0.452 e. The van der Waals surface area contributed by atoms with E-state index >= 15 is 0 Å². The highest BCUT2D eigenvalue weighted by Gasteiger charge is 2.44. The number of hydrogen-bond donors (Lipinski definition) is 1. The van der Waals surface area contributed by atoms with Crippen molar-refractivity contribution in [2.24, 2.45) is 0 Å². The molecule has 3 rings (SSSR count). The van der Waals surface area contributed by atoms with Crippen LogP contribution in [0.15, 0.2) is 54.6 Å². The number of nitrogens with one attached hydrogen (secondary N) is 1. The zero-order valence-corrected chi connectivity index (χ0v) is 14.4. The monoisotopic (exact) mass is 377 g/mol. The van der Waals surface area contributed by atoms with Gasteiger partial charge in [-0.15, -0.1) is 0 Å². The van der Waals surface area contributed by atoms with Crippen molar-refractivity contribution in [3.63, 3.8) is 0 Å². The second kappa shape index (κ2) is 7.42. The second-order valence-electron chi connectivity index (χ2n) is 6.54. The van der Waals surface area contributed by atoms with Crippen molar-refractivity contribution >= 4 is 11.9 Å². The first-order valence-electron chi connectivity index (χ1n) is 8.47. The van der Waals surface area contributed by atoms with Crippen molar-refractivity contribution in [3.8, 4) is 0 Å². The SMILES string of the molecule is O=C(COC(=O)c1ccccc1C(F)(F)F)NCC1(c2ccccc2)CC1. The molecule has 1 N–H and O–H groups in total. The van der Waals surface area contributed by atoms with Crippen LogP contribution >= 0.6 is 0 Å². The van der Waals surface area contributed by atoms with Gasteiger partial charge in [-0.1, -0.05) is 42.5 Å². The molecular formula is C20H18F3NO3. The summed E-state index contributed by atoms with van der Waals surface area (Å²) in [4.78, 5) is 23.9. The van der Waals surface area contributed by atoms with Gasteiger partial charge in [0.25, 0.3) is 5.91 Å². The molecule has 1 fully saturated rings. The number of hydrogen-bond acceptors (Lipinski definition) is 3. The van der Waals surface area contributed by atoms with Crippen LogP contribution in [-0.2, 0) is 21.1 Å². The minimum absolute atomic E-state index is 0.107. The standard InChI is InChI=1S/C20H18F3NO3/c21-20(22,23)16-9-5-4-8-15(16)18(26)27-12-17(25)24-13-19(10-11-19)14-6-2-1-3-7-14/h1-9H,10-13H2,(H,24,25). The van der Waals surface area contributed by atoms with Crippen LogP contribution in [-0.4, -0.2) is 25.0 Å². The number of ether oxygens (including phenoxy) is 1. The molecule has 0 saturated heterocycles. The molecule has 0 aliphatic heterocycles. The van der Waals surface area contributed by atoms with Crippen LogP contribution in [0.3, 0.4) is 0 Å². The molecule has 27 heavy (non-hydrogen) atoms. The van der Waals surface area contributed by atoms with E-state index in [-0.39, 0.29) is 5.41 Å². The number of amides is 1. The molecule has 4 nitrogen and oxygen atoms in total. The van der Waals surface area contributed by atoms with E-state index in [2.05, 4.69) is 5.32 Å². The third-order valence-corrected chi connectivity index (χ3v) is 4.65. The Hall–Kier alpha value is -2.83. The van der Waals surface area contributed by atoms with Crippen molar-refractivity contribution in [1.82, 2.24) is 5.32 Å². The first-order valence-corrected chi connectivity index (χ1v) is 8.47. The van der Waals surface area contributed by atoms with Gasteiger partial charge < -0.3 is 10.1 Å². The molecule has 0 unspecified atom stereocenters. The van der Waals surface area contributed by atoms with E-state index in [1.165, 1.54) is 12.1 Å². The van der Waals surface area contributed by atoms with Crippen LogP contribution < -0.4 is 5.32 Å². The molecule has 0 bridgehead atoms. The molecule has 1 amide bonds. The van der Waals surface area contributed by atoms with E-state index in [0.717, 1.165) is 30.5 Å². The summed E-state index contributed by atoms with van der Waals surface area (Å²) in [6, 6.07) is 14.1. The average molecular weight is 377 g/mol. The van der Waals surface area contributed by atoms with Crippen molar-refractivity contribution in [3.05, 3.63) is 71.3 Å². The number of halogens is 3. The molecule has 2 aromatic rings. The lowest BCUT2D eigenvalue weighted by atomic mass is 9.96. The van der Waals surface area contributed by atoms with E-state index in [0.29, 0.717) is 6.54 Å². The molecule has 1 saturated carbocycles. The molecule has 0 aromatic heterocycles. The molecule has 2 aromatic carbocycles. The molecule has 0 atom stereocenters. The Morgan fingerprint density at radius 1 is 1.00 bits per heavy atom. The van der Waals surface area contributed by atoms with Crippen molar-refractivity contribution < 1.29 is 27.5 Å². The smallest absolute Gasteiger partial charge is 0.417 e. The topological polar surface area (TPSA) is 55.4 Å². The normalized spacial score (nSPS) is 15.1. The highest BCUT2D eigenvalue weighted by Crippen LogP contribution is 2.47. The third kappa shape index (κ3) is 4.48. The minimum Gasteiger partial charge on any atom is -0.452 e. The fraction of sp³-hybridized carbons (Fsp3) is 0.300. The van der Waals surface area contributed by atoms with Crippen molar-refractivity contribution in [1.29, 1.82) is 0 Å². The van der Waals surface area contributed by atoms with Gasteiger partial charge in [0.1, 0.15) is 0 Å². The Labute approximate surface area is 154 Å². The van der Waals surface area contributed by atoms with E-state index < -0.39 is 35.8 Å². The number of carbonyl (C=O) groups is 2. The molecule has 1 aliphatic rings. The van der Waals surface area contributed by atoms with Crippen LogP contribution in [0, 0.1) is 0 Å². The van der Waals surface area contributed by atoms with Gasteiger partial charge in [-0.25, -0.2) is 4.79 Å². The summed E-state index contributed by atoms with van der Waals surface area (Å²) < 4.78 is 43.6. The van der Waals surface area contributed by atoms with E-state index in [1.807, 2.05) is 30.3 Å². The summed E-state index contributed by atoms with van der Waals surface area (Å²) in [5.41, 5.74) is -0.678. The lowest BCUT2D eigenvalue weighted by Crippen LogP contribution is -2.35. The lowest BCUT2D eigenvalue weighted by Gasteiger charge is -2.17. The number of esters is 1. The Morgan fingerprint density at radius 3 is 2.26 bits per heavy atom. The zero-order valence-electron chi connectivity index (χ0n) is 14.4. The molecule has 0 radical (unpaired) electrons. The molecular weight excluding hydrogens is 359 g/mol. The van der Waals surface area contributed by atoms with Gasteiger partial charge in [-0.2, -0.15) is 13.2 Å². The van der Waals surface area contributed by atoms with E-state index in [1.54, 1.807) is 0 Å². The van der Waals surface area contributed by atoms with Crippen LogP contribution in [0.4, 0.5) is 13.2 Å². The molecule has 0 spiro atoms. The zero-order chi connectivity index (χ0) is 19.5. The van der Waals surface area contributed by atoms with Crippen LogP contribution in [0.2, 0.25) is 0 Å². The van der Waals surface area contributed by atoms with Gasteiger partial charge >= 0.3 is 12.1 Å².